The summed E-state index contributed by atoms with van der Waals surface area (Å²) in [6, 6.07) is 7.53. The number of nitrogens with two attached hydrogens (primary N) is 1. The van der Waals surface area contributed by atoms with Crippen LogP contribution in [0.3, 0.4) is 0 Å². The smallest absolute Gasteiger partial charge is 0.330 e. The van der Waals surface area contributed by atoms with E-state index in [4.69, 9.17) is 5.73 Å². The van der Waals surface area contributed by atoms with Gasteiger partial charge in [0.05, 0.1) is 0 Å². The van der Waals surface area contributed by atoms with Crippen molar-refractivity contribution in [2.45, 2.75) is 37.5 Å². The first-order chi connectivity index (χ1) is 8.47. The summed E-state index contributed by atoms with van der Waals surface area (Å²) in [5.41, 5.74) is 5.77. The molecule has 0 spiro atoms. The normalized spacial score (nSPS) is 17.8. The molecule has 0 bridgehead atoms. The number of nitrogens with one attached hydrogen (secondary N) is 1. The Morgan fingerprint density at radius 2 is 1.67 bits per heavy atom. The molecule has 0 saturated heterocycles. The van der Waals surface area contributed by atoms with Gasteiger partial charge >= 0.3 is 6.18 Å². The first kappa shape index (κ1) is 13.4. The van der Waals surface area contributed by atoms with Crippen LogP contribution >= 0.6 is 0 Å². The monoisotopic (exact) mass is 258 g/mol. The van der Waals surface area contributed by atoms with Crippen LogP contribution < -0.4 is 11.1 Å². The fraction of sp³-hybridized carbons (Fsp3) is 0.538. The van der Waals surface area contributed by atoms with Crippen molar-refractivity contribution >= 4 is 0 Å². The summed E-state index contributed by atoms with van der Waals surface area (Å²) in [5, 5.41) is 2.63. The molecule has 0 aromatic heterocycles. The molecule has 3 N–H and O–H groups in total. The Balaban J connectivity index is 1.91. The van der Waals surface area contributed by atoms with Crippen molar-refractivity contribution < 1.29 is 13.2 Å². The number of halogens is 3. The number of alkyl halides is 3. The van der Waals surface area contributed by atoms with Crippen molar-refractivity contribution in [2.24, 2.45) is 5.73 Å². The molecule has 1 aliphatic rings. The van der Waals surface area contributed by atoms with Crippen molar-refractivity contribution in [1.82, 2.24) is 5.32 Å². The van der Waals surface area contributed by atoms with Crippen molar-refractivity contribution in [3.8, 4) is 0 Å². The van der Waals surface area contributed by atoms with E-state index in [0.717, 1.165) is 17.5 Å². The highest BCUT2D eigenvalue weighted by Crippen LogP contribution is 2.49. The van der Waals surface area contributed by atoms with Crippen LogP contribution in [-0.2, 0) is 13.0 Å². The fourth-order valence-electron chi connectivity index (χ4n) is 1.95. The summed E-state index contributed by atoms with van der Waals surface area (Å²) in [6.07, 6.45) is -2.99. The van der Waals surface area contributed by atoms with Gasteiger partial charge < -0.3 is 5.73 Å². The average Bonchev–Trinajstić information content (AvgIpc) is 3.09. The molecule has 1 aromatic rings. The molecule has 1 saturated carbocycles. The van der Waals surface area contributed by atoms with Crippen LogP contribution in [0.15, 0.2) is 24.3 Å². The Kier molecular flexibility index (Phi) is 3.64. The molecule has 2 rings (SSSR count). The second-order valence-electron chi connectivity index (χ2n) is 4.79. The lowest BCUT2D eigenvalue weighted by atomic mass is 10.1. The molecule has 5 heteroatoms. The zero-order valence-electron chi connectivity index (χ0n) is 10.1. The summed E-state index contributed by atoms with van der Waals surface area (Å²) < 4.78 is 38.1. The van der Waals surface area contributed by atoms with E-state index in [2.05, 4.69) is 5.32 Å². The van der Waals surface area contributed by atoms with E-state index in [1.165, 1.54) is 0 Å². The van der Waals surface area contributed by atoms with Crippen LogP contribution in [0.25, 0.3) is 0 Å². The Morgan fingerprint density at radius 1 is 1.11 bits per heavy atom. The van der Waals surface area contributed by atoms with E-state index in [0.29, 0.717) is 6.54 Å². The van der Waals surface area contributed by atoms with Gasteiger partial charge in [-0.1, -0.05) is 24.3 Å². The van der Waals surface area contributed by atoms with Crippen LogP contribution in [-0.4, -0.2) is 18.3 Å². The topological polar surface area (TPSA) is 38.0 Å². The van der Waals surface area contributed by atoms with Gasteiger partial charge in [-0.15, -0.1) is 0 Å². The maximum Gasteiger partial charge on any atom is 0.406 e. The van der Waals surface area contributed by atoms with Gasteiger partial charge in [0.2, 0.25) is 0 Å². The van der Waals surface area contributed by atoms with E-state index >= 15 is 0 Å². The summed E-state index contributed by atoms with van der Waals surface area (Å²) in [7, 11) is 0. The highest BCUT2D eigenvalue weighted by Gasteiger charge is 2.62. The largest absolute Gasteiger partial charge is 0.406 e. The van der Waals surface area contributed by atoms with Crippen LogP contribution in [0, 0.1) is 0 Å². The standard InChI is InChI=1S/C13H17F3N2/c14-13(15,16)12(6-7-12)18-9-11-3-1-10(2-4-11)5-8-17/h1-4,18H,5-9,17H2. The van der Waals surface area contributed by atoms with Gasteiger partial charge in [0.25, 0.3) is 0 Å². The zero-order valence-corrected chi connectivity index (χ0v) is 10.1. The Labute approximate surface area is 104 Å². The summed E-state index contributed by atoms with van der Waals surface area (Å²) in [6.45, 7) is 0.831. The fourth-order valence-corrected chi connectivity index (χ4v) is 1.95. The Morgan fingerprint density at radius 3 is 2.11 bits per heavy atom. The number of rotatable bonds is 5. The Hall–Kier alpha value is -1.07. The van der Waals surface area contributed by atoms with Crippen molar-refractivity contribution in [3.05, 3.63) is 35.4 Å². The first-order valence-electron chi connectivity index (χ1n) is 6.06. The lowest BCUT2D eigenvalue weighted by molar-refractivity contribution is -0.166. The van der Waals surface area contributed by atoms with Crippen molar-refractivity contribution in [2.75, 3.05) is 6.54 Å². The second kappa shape index (κ2) is 4.90. The average molecular weight is 258 g/mol. The third kappa shape index (κ3) is 2.84. The van der Waals surface area contributed by atoms with Gasteiger partial charge in [-0.25, -0.2) is 0 Å². The van der Waals surface area contributed by atoms with Gasteiger partial charge in [0, 0.05) is 6.54 Å². The summed E-state index contributed by atoms with van der Waals surface area (Å²) >= 11 is 0. The lowest BCUT2D eigenvalue weighted by Crippen LogP contribution is -2.44. The lowest BCUT2D eigenvalue weighted by Gasteiger charge is -2.20. The molecule has 0 heterocycles. The molecule has 0 unspecified atom stereocenters. The molecule has 1 aromatic carbocycles. The van der Waals surface area contributed by atoms with Gasteiger partial charge in [-0.2, -0.15) is 13.2 Å². The van der Waals surface area contributed by atoms with E-state index in [-0.39, 0.29) is 19.4 Å². The van der Waals surface area contributed by atoms with Crippen LogP contribution in [0.1, 0.15) is 24.0 Å². The molecular formula is C13H17F3N2. The van der Waals surface area contributed by atoms with E-state index < -0.39 is 11.7 Å². The highest BCUT2D eigenvalue weighted by molar-refractivity contribution is 5.23. The van der Waals surface area contributed by atoms with Crippen LogP contribution in [0.5, 0.6) is 0 Å². The quantitative estimate of drug-likeness (QED) is 0.851. The van der Waals surface area contributed by atoms with Gasteiger partial charge in [-0.3, -0.25) is 5.32 Å². The summed E-state index contributed by atoms with van der Waals surface area (Å²) in [5.74, 6) is 0. The molecule has 1 fully saturated rings. The molecule has 0 atom stereocenters. The highest BCUT2D eigenvalue weighted by atomic mass is 19.4. The van der Waals surface area contributed by atoms with E-state index in [1.54, 1.807) is 0 Å². The summed E-state index contributed by atoms with van der Waals surface area (Å²) in [4.78, 5) is 0. The maximum atomic E-state index is 12.7. The predicted octanol–water partition coefficient (Wildman–Crippen LogP) is 2.37. The second-order valence-corrected chi connectivity index (χ2v) is 4.79. The molecular weight excluding hydrogens is 241 g/mol. The molecule has 2 nitrogen and oxygen atoms in total. The molecule has 1 aliphatic carbocycles. The minimum absolute atomic E-state index is 0.182. The molecule has 18 heavy (non-hydrogen) atoms. The number of hydrogen-bond acceptors (Lipinski definition) is 2. The molecule has 0 amide bonds. The minimum atomic E-state index is -4.15. The van der Waals surface area contributed by atoms with Gasteiger partial charge in [0.1, 0.15) is 5.54 Å². The maximum absolute atomic E-state index is 12.7. The van der Waals surface area contributed by atoms with Crippen LogP contribution in [0.2, 0.25) is 0 Å². The third-order valence-corrected chi connectivity index (χ3v) is 3.38. The minimum Gasteiger partial charge on any atom is -0.330 e. The number of hydrogen-bond donors (Lipinski definition) is 2. The third-order valence-electron chi connectivity index (χ3n) is 3.38. The molecule has 100 valence electrons. The van der Waals surface area contributed by atoms with Gasteiger partial charge in [-0.05, 0) is 36.9 Å². The van der Waals surface area contributed by atoms with Gasteiger partial charge in [0.15, 0.2) is 0 Å². The Bertz CT molecular complexity index is 394. The van der Waals surface area contributed by atoms with Crippen molar-refractivity contribution in [3.63, 3.8) is 0 Å². The van der Waals surface area contributed by atoms with Crippen LogP contribution in [0.4, 0.5) is 13.2 Å². The van der Waals surface area contributed by atoms with Crippen molar-refractivity contribution in [1.29, 1.82) is 0 Å². The molecule has 0 radical (unpaired) electrons. The number of benzene rings is 1. The predicted molar refractivity (Wildman–Crippen MR) is 64.1 cm³/mol. The first-order valence-corrected chi connectivity index (χ1v) is 6.06. The zero-order chi connectivity index (χ0) is 13.2. The van der Waals surface area contributed by atoms with E-state index in [9.17, 15) is 13.2 Å². The molecule has 0 aliphatic heterocycles. The SMILES string of the molecule is NCCc1ccc(CNC2(C(F)(F)F)CC2)cc1. The van der Waals surface area contributed by atoms with E-state index in [1.807, 2.05) is 24.3 Å².